The molecule has 0 N–H and O–H groups in total. The van der Waals surface area contributed by atoms with Gasteiger partial charge in [0.15, 0.2) is 0 Å². The maximum Gasteiger partial charge on any atom is 0.00928 e. The van der Waals surface area contributed by atoms with Gasteiger partial charge in [0, 0.05) is 11.8 Å². The lowest BCUT2D eigenvalue weighted by Gasteiger charge is -2.18. The summed E-state index contributed by atoms with van der Waals surface area (Å²) in [7, 11) is 0. The van der Waals surface area contributed by atoms with E-state index in [1.165, 1.54) is 66.1 Å². The van der Waals surface area contributed by atoms with Gasteiger partial charge >= 0.3 is 0 Å². The molecule has 0 nitrogen and oxygen atoms in total. The fourth-order valence-corrected chi connectivity index (χ4v) is 6.93. The molecule has 8 aromatic rings. The van der Waals surface area contributed by atoms with Gasteiger partial charge in [0.25, 0.3) is 0 Å². The van der Waals surface area contributed by atoms with Crippen LogP contribution in [0.25, 0.3) is 32.7 Å². The molecule has 2 atom stereocenters. The first-order chi connectivity index (χ1) is 25.0. The SMILES string of the molecule is CCC(c1ccccc1)c1cccc2ccccc12.Cc1ccc(-c2ccc(C(C)c3cccc4ccccc34)cc2)cc1.Cc1ccccc1. The molecule has 0 heteroatoms. The van der Waals surface area contributed by atoms with Crippen molar-refractivity contribution < 1.29 is 0 Å². The molecule has 0 aliphatic heterocycles. The normalized spacial score (nSPS) is 11.8. The van der Waals surface area contributed by atoms with Gasteiger partial charge < -0.3 is 0 Å². The van der Waals surface area contributed by atoms with Crippen LogP contribution >= 0.6 is 0 Å². The summed E-state index contributed by atoms with van der Waals surface area (Å²) in [6.07, 6.45) is 1.12. The van der Waals surface area contributed by atoms with E-state index in [0.29, 0.717) is 11.8 Å². The molecule has 252 valence electrons. The third kappa shape index (κ3) is 8.91. The number of rotatable bonds is 6. The van der Waals surface area contributed by atoms with Gasteiger partial charge in [-0.25, -0.2) is 0 Å². The van der Waals surface area contributed by atoms with E-state index in [-0.39, 0.29) is 0 Å². The van der Waals surface area contributed by atoms with Crippen molar-refractivity contribution in [3.8, 4) is 11.1 Å². The van der Waals surface area contributed by atoms with Crippen LogP contribution in [0.4, 0.5) is 0 Å². The van der Waals surface area contributed by atoms with Crippen LogP contribution in [0.2, 0.25) is 0 Å². The molecule has 0 fully saturated rings. The summed E-state index contributed by atoms with van der Waals surface area (Å²) in [4.78, 5) is 0. The average Bonchev–Trinajstić information content (AvgIpc) is 3.19. The lowest BCUT2D eigenvalue weighted by Crippen LogP contribution is -2.00. The summed E-state index contributed by atoms with van der Waals surface area (Å²) in [5, 5.41) is 5.36. The first-order valence-corrected chi connectivity index (χ1v) is 18.2. The Bertz CT molecular complexity index is 2240. The van der Waals surface area contributed by atoms with Gasteiger partial charge in [-0.1, -0.05) is 219 Å². The molecule has 0 aromatic heterocycles. The summed E-state index contributed by atoms with van der Waals surface area (Å²) in [6, 6.07) is 69.3. The summed E-state index contributed by atoms with van der Waals surface area (Å²) >= 11 is 0. The van der Waals surface area contributed by atoms with E-state index in [4.69, 9.17) is 0 Å². The third-order valence-electron chi connectivity index (χ3n) is 9.83. The Kier molecular flexibility index (Phi) is 11.9. The smallest absolute Gasteiger partial charge is 0.00928 e. The topological polar surface area (TPSA) is 0 Å². The fraction of sp³-hybridized carbons (Fsp3) is 0.137. The predicted molar refractivity (Wildman–Crippen MR) is 222 cm³/mol. The van der Waals surface area contributed by atoms with Crippen molar-refractivity contribution in [3.05, 3.63) is 228 Å². The molecule has 0 radical (unpaired) electrons. The molecular weight excluding hydrogens is 613 g/mol. The zero-order valence-electron chi connectivity index (χ0n) is 30.3. The maximum atomic E-state index is 2.29. The molecule has 2 unspecified atom stereocenters. The number of aryl methyl sites for hydroxylation is 2. The van der Waals surface area contributed by atoms with Crippen LogP contribution in [0.15, 0.2) is 194 Å². The molecule has 0 aliphatic rings. The summed E-state index contributed by atoms with van der Waals surface area (Å²) in [6.45, 7) is 8.76. The van der Waals surface area contributed by atoms with Crippen LogP contribution in [0.3, 0.4) is 0 Å². The molecule has 8 rings (SSSR count). The third-order valence-corrected chi connectivity index (χ3v) is 9.83. The van der Waals surface area contributed by atoms with Crippen LogP contribution in [-0.4, -0.2) is 0 Å². The van der Waals surface area contributed by atoms with E-state index < -0.39 is 0 Å². The summed E-state index contributed by atoms with van der Waals surface area (Å²) < 4.78 is 0. The second kappa shape index (κ2) is 17.3. The van der Waals surface area contributed by atoms with Crippen LogP contribution < -0.4 is 0 Å². The number of hydrogen-bond acceptors (Lipinski definition) is 0. The van der Waals surface area contributed by atoms with Crippen molar-refractivity contribution in [1.82, 2.24) is 0 Å². The van der Waals surface area contributed by atoms with Gasteiger partial charge in [0.2, 0.25) is 0 Å². The second-order valence-corrected chi connectivity index (χ2v) is 13.4. The highest BCUT2D eigenvalue weighted by Crippen LogP contribution is 2.34. The Morgan fingerprint density at radius 1 is 0.373 bits per heavy atom. The lowest BCUT2D eigenvalue weighted by atomic mass is 9.86. The molecule has 0 heterocycles. The highest BCUT2D eigenvalue weighted by atomic mass is 14.2. The first kappa shape index (κ1) is 35.1. The van der Waals surface area contributed by atoms with Crippen molar-refractivity contribution in [2.75, 3.05) is 0 Å². The quantitative estimate of drug-likeness (QED) is 0.166. The van der Waals surface area contributed by atoms with Crippen LogP contribution in [-0.2, 0) is 0 Å². The Morgan fingerprint density at radius 3 is 1.33 bits per heavy atom. The molecule has 8 aromatic carbocycles. The van der Waals surface area contributed by atoms with Crippen LogP contribution in [0.5, 0.6) is 0 Å². The molecule has 0 amide bonds. The van der Waals surface area contributed by atoms with Gasteiger partial charge in [-0.15, -0.1) is 0 Å². The minimum atomic E-state index is 0.373. The monoisotopic (exact) mass is 660 g/mol. The largest absolute Gasteiger partial charge is 0.0645 e. The lowest BCUT2D eigenvalue weighted by molar-refractivity contribution is 0.784. The average molecular weight is 661 g/mol. The minimum absolute atomic E-state index is 0.373. The van der Waals surface area contributed by atoms with Crippen molar-refractivity contribution >= 4 is 21.5 Å². The Labute approximate surface area is 305 Å². The molecule has 0 saturated carbocycles. The van der Waals surface area contributed by atoms with Crippen molar-refractivity contribution in [3.63, 3.8) is 0 Å². The Balaban J connectivity index is 0.000000151. The Hall–Kier alpha value is -5.72. The summed E-state index contributed by atoms with van der Waals surface area (Å²) in [5.74, 6) is 0.852. The van der Waals surface area contributed by atoms with Gasteiger partial charge in [-0.3, -0.25) is 0 Å². The summed E-state index contributed by atoms with van der Waals surface area (Å²) in [5.41, 5.74) is 10.7. The number of benzene rings is 8. The molecule has 0 bridgehead atoms. The van der Waals surface area contributed by atoms with Gasteiger partial charge in [-0.2, -0.15) is 0 Å². The Morgan fingerprint density at radius 2 is 0.804 bits per heavy atom. The highest BCUT2D eigenvalue weighted by Gasteiger charge is 2.14. The predicted octanol–water partition coefficient (Wildman–Crippen LogP) is 14.3. The zero-order chi connectivity index (χ0) is 35.4. The molecule has 0 aliphatic carbocycles. The number of hydrogen-bond donors (Lipinski definition) is 0. The number of fused-ring (bicyclic) bond motifs is 2. The standard InChI is InChI=1S/C25H22.C19H18.C7H8/c1-18-10-12-21(13-11-18)22-16-14-20(15-17-22)19(2)24-9-5-7-23-6-3-4-8-25(23)24;1-2-17(15-9-4-3-5-10-15)19-14-8-12-16-11-6-7-13-18(16)19;1-7-5-3-2-4-6-7/h3-17,19H,1-2H3;3-14,17H,2H2,1H3;2-6H,1H3. The maximum absolute atomic E-state index is 2.29. The molecule has 0 saturated heterocycles. The van der Waals surface area contributed by atoms with E-state index in [2.05, 4.69) is 204 Å². The van der Waals surface area contributed by atoms with E-state index in [1.807, 2.05) is 18.2 Å². The van der Waals surface area contributed by atoms with E-state index >= 15 is 0 Å². The van der Waals surface area contributed by atoms with Crippen molar-refractivity contribution in [2.24, 2.45) is 0 Å². The van der Waals surface area contributed by atoms with Gasteiger partial charge in [-0.05, 0) is 75.2 Å². The highest BCUT2D eigenvalue weighted by molar-refractivity contribution is 5.87. The van der Waals surface area contributed by atoms with Crippen molar-refractivity contribution in [2.45, 2.75) is 46.0 Å². The van der Waals surface area contributed by atoms with Gasteiger partial charge in [0.1, 0.15) is 0 Å². The van der Waals surface area contributed by atoms with Crippen molar-refractivity contribution in [1.29, 1.82) is 0 Å². The molecule has 51 heavy (non-hydrogen) atoms. The van der Waals surface area contributed by atoms with Crippen LogP contribution in [0.1, 0.15) is 65.5 Å². The second-order valence-electron chi connectivity index (χ2n) is 13.4. The van der Waals surface area contributed by atoms with E-state index in [0.717, 1.165) is 6.42 Å². The molecular formula is C51H48. The first-order valence-electron chi connectivity index (χ1n) is 18.2. The van der Waals surface area contributed by atoms with Crippen LogP contribution in [0, 0.1) is 13.8 Å². The molecule has 0 spiro atoms. The van der Waals surface area contributed by atoms with E-state index in [9.17, 15) is 0 Å². The minimum Gasteiger partial charge on any atom is -0.0645 e. The fourth-order valence-electron chi connectivity index (χ4n) is 6.93. The zero-order valence-corrected chi connectivity index (χ0v) is 30.3. The van der Waals surface area contributed by atoms with Gasteiger partial charge in [0.05, 0.1) is 0 Å². The van der Waals surface area contributed by atoms with E-state index in [1.54, 1.807) is 0 Å².